The molecular formula is C16H22N2OS. The summed E-state index contributed by atoms with van der Waals surface area (Å²) in [5.74, 6) is 0. The zero-order valence-corrected chi connectivity index (χ0v) is 13.4. The number of thiazole rings is 1. The van der Waals surface area contributed by atoms with Crippen LogP contribution in [0.15, 0.2) is 24.3 Å². The highest BCUT2D eigenvalue weighted by Gasteiger charge is 2.17. The molecule has 0 fully saturated rings. The van der Waals surface area contributed by atoms with Crippen LogP contribution in [-0.4, -0.2) is 18.6 Å². The highest BCUT2D eigenvalue weighted by atomic mass is 32.1. The van der Waals surface area contributed by atoms with Crippen molar-refractivity contribution in [1.29, 1.82) is 0 Å². The summed E-state index contributed by atoms with van der Waals surface area (Å²) in [7, 11) is 1.72. The number of rotatable bonds is 6. The molecule has 108 valence electrons. The summed E-state index contributed by atoms with van der Waals surface area (Å²) < 4.78 is 5.15. The summed E-state index contributed by atoms with van der Waals surface area (Å²) in [6.07, 6.45) is 0. The van der Waals surface area contributed by atoms with Gasteiger partial charge in [-0.05, 0) is 31.5 Å². The zero-order valence-electron chi connectivity index (χ0n) is 12.6. The van der Waals surface area contributed by atoms with Gasteiger partial charge < -0.3 is 10.1 Å². The first-order valence-electron chi connectivity index (χ1n) is 6.90. The van der Waals surface area contributed by atoms with E-state index in [0.717, 1.165) is 17.2 Å². The van der Waals surface area contributed by atoms with Crippen molar-refractivity contribution in [2.45, 2.75) is 33.4 Å². The van der Waals surface area contributed by atoms with Gasteiger partial charge in [0.05, 0.1) is 18.3 Å². The Hall–Kier alpha value is -1.23. The minimum absolute atomic E-state index is 0.175. The maximum Gasteiger partial charge on any atom is 0.115 e. The lowest BCUT2D eigenvalue weighted by Crippen LogP contribution is -2.21. The third-order valence-corrected chi connectivity index (χ3v) is 4.46. The van der Waals surface area contributed by atoms with E-state index in [2.05, 4.69) is 50.4 Å². The lowest BCUT2D eigenvalue weighted by atomic mass is 10.1. The molecule has 0 amide bonds. The third-order valence-electron chi connectivity index (χ3n) is 3.32. The van der Waals surface area contributed by atoms with E-state index in [1.54, 1.807) is 18.4 Å². The Bertz CT molecular complexity index is 529. The molecule has 0 saturated carbocycles. The van der Waals surface area contributed by atoms with Crippen molar-refractivity contribution in [3.05, 3.63) is 51.0 Å². The number of methoxy groups -OCH3 is 1. The van der Waals surface area contributed by atoms with E-state index in [0.29, 0.717) is 6.61 Å². The number of hydrogen-bond donors (Lipinski definition) is 1. The normalized spacial score (nSPS) is 12.6. The molecule has 1 aromatic carbocycles. The number of aryl methyl sites for hydroxylation is 2. The van der Waals surface area contributed by atoms with Crippen molar-refractivity contribution in [2.24, 2.45) is 0 Å². The fourth-order valence-electron chi connectivity index (χ4n) is 2.15. The lowest BCUT2D eigenvalue weighted by molar-refractivity contribution is 0.185. The fourth-order valence-corrected chi connectivity index (χ4v) is 3.17. The van der Waals surface area contributed by atoms with Crippen LogP contribution in [0, 0.1) is 13.8 Å². The minimum atomic E-state index is 0.175. The van der Waals surface area contributed by atoms with Gasteiger partial charge in [-0.1, -0.05) is 31.2 Å². The standard InChI is InChI=1S/C16H22N2OS/c1-5-17-15(16-18-11(2)12(3)20-16)14-8-6-13(7-9-14)10-19-4/h6-9,15,17H,5,10H2,1-4H3. The van der Waals surface area contributed by atoms with Gasteiger partial charge in [0, 0.05) is 12.0 Å². The monoisotopic (exact) mass is 290 g/mol. The summed E-state index contributed by atoms with van der Waals surface area (Å²) in [4.78, 5) is 5.99. The summed E-state index contributed by atoms with van der Waals surface area (Å²) in [5.41, 5.74) is 3.57. The van der Waals surface area contributed by atoms with E-state index in [1.165, 1.54) is 16.0 Å². The largest absolute Gasteiger partial charge is 0.380 e. The second kappa shape index (κ2) is 6.97. The molecule has 1 unspecified atom stereocenters. The topological polar surface area (TPSA) is 34.1 Å². The number of hydrogen-bond acceptors (Lipinski definition) is 4. The van der Waals surface area contributed by atoms with Crippen molar-refractivity contribution in [3.8, 4) is 0 Å². The number of ether oxygens (including phenoxy) is 1. The van der Waals surface area contributed by atoms with Crippen LogP contribution in [-0.2, 0) is 11.3 Å². The lowest BCUT2D eigenvalue weighted by Gasteiger charge is -2.16. The SMILES string of the molecule is CCNC(c1ccc(COC)cc1)c1nc(C)c(C)s1. The van der Waals surface area contributed by atoms with Gasteiger partial charge in [0.15, 0.2) is 0 Å². The number of aromatic nitrogens is 1. The first kappa shape index (κ1) is 15.2. The Labute approximate surface area is 125 Å². The highest BCUT2D eigenvalue weighted by molar-refractivity contribution is 7.11. The van der Waals surface area contributed by atoms with Gasteiger partial charge in [0.2, 0.25) is 0 Å². The van der Waals surface area contributed by atoms with Gasteiger partial charge in [-0.25, -0.2) is 4.98 Å². The average Bonchev–Trinajstić information content (AvgIpc) is 2.77. The maximum absolute atomic E-state index is 5.15. The first-order valence-corrected chi connectivity index (χ1v) is 7.72. The molecule has 0 saturated heterocycles. The van der Waals surface area contributed by atoms with Crippen LogP contribution >= 0.6 is 11.3 Å². The number of benzene rings is 1. The predicted octanol–water partition coefficient (Wildman–Crippen LogP) is 3.61. The van der Waals surface area contributed by atoms with Gasteiger partial charge in [-0.2, -0.15) is 0 Å². The molecular weight excluding hydrogens is 268 g/mol. The van der Waals surface area contributed by atoms with E-state index >= 15 is 0 Å². The molecule has 1 N–H and O–H groups in total. The summed E-state index contributed by atoms with van der Waals surface area (Å²) >= 11 is 1.77. The van der Waals surface area contributed by atoms with Crippen molar-refractivity contribution in [1.82, 2.24) is 10.3 Å². The zero-order chi connectivity index (χ0) is 14.5. The Kier molecular flexibility index (Phi) is 5.29. The smallest absolute Gasteiger partial charge is 0.115 e. The van der Waals surface area contributed by atoms with Gasteiger partial charge in [-0.15, -0.1) is 11.3 Å². The Morgan fingerprint density at radius 3 is 2.45 bits per heavy atom. The molecule has 1 aromatic heterocycles. The van der Waals surface area contributed by atoms with Crippen LogP contribution in [0.1, 0.15) is 39.7 Å². The maximum atomic E-state index is 5.15. The van der Waals surface area contributed by atoms with Crippen LogP contribution in [0.2, 0.25) is 0 Å². The molecule has 0 radical (unpaired) electrons. The van der Waals surface area contributed by atoms with Gasteiger partial charge in [0.25, 0.3) is 0 Å². The molecule has 4 heteroatoms. The Balaban J connectivity index is 2.27. The minimum Gasteiger partial charge on any atom is -0.380 e. The highest BCUT2D eigenvalue weighted by Crippen LogP contribution is 2.28. The molecule has 1 heterocycles. The molecule has 2 rings (SSSR count). The van der Waals surface area contributed by atoms with Crippen molar-refractivity contribution in [3.63, 3.8) is 0 Å². The molecule has 20 heavy (non-hydrogen) atoms. The molecule has 3 nitrogen and oxygen atoms in total. The van der Waals surface area contributed by atoms with Crippen LogP contribution in [0.3, 0.4) is 0 Å². The third kappa shape index (κ3) is 3.45. The van der Waals surface area contributed by atoms with Crippen molar-refractivity contribution in [2.75, 3.05) is 13.7 Å². The van der Waals surface area contributed by atoms with Gasteiger partial charge in [-0.3, -0.25) is 0 Å². The number of nitrogens with one attached hydrogen (secondary N) is 1. The van der Waals surface area contributed by atoms with Gasteiger partial charge >= 0.3 is 0 Å². The molecule has 1 atom stereocenters. The van der Waals surface area contributed by atoms with E-state index in [1.807, 2.05) is 0 Å². The molecule has 0 spiro atoms. The summed E-state index contributed by atoms with van der Waals surface area (Å²) in [5, 5.41) is 4.66. The first-order chi connectivity index (χ1) is 9.65. The fraction of sp³-hybridized carbons (Fsp3) is 0.438. The second-order valence-electron chi connectivity index (χ2n) is 4.86. The second-order valence-corrected chi connectivity index (χ2v) is 6.09. The van der Waals surface area contributed by atoms with Crippen LogP contribution in [0.5, 0.6) is 0 Å². The molecule has 0 bridgehead atoms. The van der Waals surface area contributed by atoms with Crippen LogP contribution in [0.25, 0.3) is 0 Å². The van der Waals surface area contributed by atoms with Crippen molar-refractivity contribution < 1.29 is 4.74 Å². The molecule has 2 aromatic rings. The van der Waals surface area contributed by atoms with E-state index in [4.69, 9.17) is 9.72 Å². The molecule has 0 aliphatic rings. The number of nitrogens with zero attached hydrogens (tertiary/aromatic N) is 1. The van der Waals surface area contributed by atoms with E-state index < -0.39 is 0 Å². The quantitative estimate of drug-likeness (QED) is 0.882. The van der Waals surface area contributed by atoms with Crippen LogP contribution < -0.4 is 5.32 Å². The Morgan fingerprint density at radius 1 is 1.25 bits per heavy atom. The summed E-state index contributed by atoms with van der Waals surface area (Å²) in [6.45, 7) is 7.89. The molecule has 0 aliphatic carbocycles. The van der Waals surface area contributed by atoms with E-state index in [9.17, 15) is 0 Å². The predicted molar refractivity (Wildman–Crippen MR) is 84.3 cm³/mol. The molecule has 0 aliphatic heterocycles. The Morgan fingerprint density at radius 2 is 1.95 bits per heavy atom. The van der Waals surface area contributed by atoms with Crippen molar-refractivity contribution >= 4 is 11.3 Å². The summed E-state index contributed by atoms with van der Waals surface area (Å²) in [6, 6.07) is 8.74. The van der Waals surface area contributed by atoms with E-state index in [-0.39, 0.29) is 6.04 Å². The van der Waals surface area contributed by atoms with Gasteiger partial charge in [0.1, 0.15) is 5.01 Å². The van der Waals surface area contributed by atoms with Crippen LogP contribution in [0.4, 0.5) is 0 Å². The average molecular weight is 290 g/mol.